The average Bonchev–Trinajstić information content (AvgIpc) is 2.72. The van der Waals surface area contributed by atoms with Crippen molar-refractivity contribution < 1.29 is 4.74 Å². The second-order valence-electron chi connectivity index (χ2n) is 4.10. The molecule has 2 rings (SSSR count). The molecule has 96 valence electrons. The summed E-state index contributed by atoms with van der Waals surface area (Å²) in [4.78, 5) is 5.50. The van der Waals surface area contributed by atoms with Gasteiger partial charge in [-0.3, -0.25) is 0 Å². The first-order valence-corrected chi connectivity index (χ1v) is 7.32. The number of aryl methyl sites for hydroxylation is 2. The van der Waals surface area contributed by atoms with Crippen molar-refractivity contribution in [2.45, 2.75) is 20.3 Å². The minimum absolute atomic E-state index is 0.644. The van der Waals surface area contributed by atoms with Gasteiger partial charge < -0.3 is 10.5 Å². The predicted octanol–water partition coefficient (Wildman–Crippen LogP) is 3.73. The van der Waals surface area contributed by atoms with Crippen LogP contribution in [0.1, 0.15) is 16.1 Å². The van der Waals surface area contributed by atoms with E-state index in [0.717, 1.165) is 33.6 Å². The maximum absolute atomic E-state index is 5.82. The number of hydrogen-bond acceptors (Lipinski definition) is 4. The van der Waals surface area contributed by atoms with Crippen LogP contribution < -0.4 is 10.5 Å². The van der Waals surface area contributed by atoms with Crippen molar-refractivity contribution >= 4 is 33.0 Å². The van der Waals surface area contributed by atoms with Gasteiger partial charge in [-0.25, -0.2) is 4.98 Å². The molecule has 0 aliphatic carbocycles. The number of benzene rings is 1. The highest BCUT2D eigenvalue weighted by molar-refractivity contribution is 9.10. The Morgan fingerprint density at radius 1 is 1.39 bits per heavy atom. The Labute approximate surface area is 119 Å². The van der Waals surface area contributed by atoms with Crippen LogP contribution in [0.25, 0.3) is 0 Å². The Balaban J connectivity index is 1.99. The van der Waals surface area contributed by atoms with E-state index in [4.69, 9.17) is 10.5 Å². The van der Waals surface area contributed by atoms with Crippen LogP contribution in [0.3, 0.4) is 0 Å². The summed E-state index contributed by atoms with van der Waals surface area (Å²) in [5.41, 5.74) is 10.6. The van der Waals surface area contributed by atoms with Crippen LogP contribution in [-0.2, 0) is 6.42 Å². The summed E-state index contributed by atoms with van der Waals surface area (Å²) in [6, 6.07) is 3.83. The van der Waals surface area contributed by atoms with E-state index in [2.05, 4.69) is 20.9 Å². The fourth-order valence-electron chi connectivity index (χ4n) is 1.60. The Morgan fingerprint density at radius 3 is 2.83 bits per heavy atom. The fourth-order valence-corrected chi connectivity index (χ4v) is 2.84. The third-order valence-electron chi connectivity index (χ3n) is 2.75. The van der Waals surface area contributed by atoms with Crippen LogP contribution in [-0.4, -0.2) is 11.6 Å². The van der Waals surface area contributed by atoms with Gasteiger partial charge in [0.1, 0.15) is 5.75 Å². The molecule has 0 fully saturated rings. The SMILES string of the molecule is Cc1cc(OCCc2scnc2C)c(Br)cc1N. The van der Waals surface area contributed by atoms with Crippen molar-refractivity contribution in [3.05, 3.63) is 38.3 Å². The number of rotatable bonds is 4. The number of thiazole rings is 1. The lowest BCUT2D eigenvalue weighted by atomic mass is 10.2. The third-order valence-corrected chi connectivity index (χ3v) is 4.37. The van der Waals surface area contributed by atoms with Crippen molar-refractivity contribution in [3.8, 4) is 5.75 Å². The van der Waals surface area contributed by atoms with E-state index in [0.29, 0.717) is 6.61 Å². The second kappa shape index (κ2) is 5.71. The standard InChI is InChI=1S/C13H15BrN2OS/c1-8-5-12(10(14)6-11(8)15)17-4-3-13-9(2)16-7-18-13/h5-7H,3-4,15H2,1-2H3. The summed E-state index contributed by atoms with van der Waals surface area (Å²) < 4.78 is 6.67. The summed E-state index contributed by atoms with van der Waals surface area (Å²) in [5, 5.41) is 0. The smallest absolute Gasteiger partial charge is 0.133 e. The summed E-state index contributed by atoms with van der Waals surface area (Å²) in [5.74, 6) is 0.837. The van der Waals surface area contributed by atoms with E-state index in [1.807, 2.05) is 31.5 Å². The Kier molecular flexibility index (Phi) is 4.24. The largest absolute Gasteiger partial charge is 0.492 e. The van der Waals surface area contributed by atoms with Gasteiger partial charge in [0.05, 0.1) is 22.3 Å². The molecule has 0 amide bonds. The maximum Gasteiger partial charge on any atom is 0.133 e. The van der Waals surface area contributed by atoms with Crippen LogP contribution in [0.15, 0.2) is 22.1 Å². The molecule has 1 aromatic heterocycles. The number of ether oxygens (including phenoxy) is 1. The zero-order valence-corrected chi connectivity index (χ0v) is 12.8. The maximum atomic E-state index is 5.82. The molecule has 0 saturated heterocycles. The third kappa shape index (κ3) is 3.03. The Hall–Kier alpha value is -1.07. The zero-order valence-electron chi connectivity index (χ0n) is 10.4. The molecule has 18 heavy (non-hydrogen) atoms. The molecule has 0 unspecified atom stereocenters. The van der Waals surface area contributed by atoms with Crippen molar-refractivity contribution in [2.75, 3.05) is 12.3 Å². The second-order valence-corrected chi connectivity index (χ2v) is 5.89. The van der Waals surface area contributed by atoms with Gasteiger partial charge in [0, 0.05) is 17.0 Å². The topological polar surface area (TPSA) is 48.1 Å². The van der Waals surface area contributed by atoms with Crippen LogP contribution in [0.4, 0.5) is 5.69 Å². The Bertz CT molecular complexity index is 554. The highest BCUT2D eigenvalue weighted by Crippen LogP contribution is 2.30. The molecule has 2 aromatic rings. The lowest BCUT2D eigenvalue weighted by Crippen LogP contribution is -2.02. The molecule has 1 aromatic carbocycles. The molecule has 1 heterocycles. The van der Waals surface area contributed by atoms with Gasteiger partial charge in [0.25, 0.3) is 0 Å². The summed E-state index contributed by atoms with van der Waals surface area (Å²) in [6.45, 7) is 4.64. The molecule has 0 bridgehead atoms. The Morgan fingerprint density at radius 2 is 2.17 bits per heavy atom. The van der Waals surface area contributed by atoms with E-state index in [1.54, 1.807) is 11.3 Å². The van der Waals surface area contributed by atoms with Crippen LogP contribution in [0.2, 0.25) is 0 Å². The summed E-state index contributed by atoms with van der Waals surface area (Å²) in [7, 11) is 0. The minimum Gasteiger partial charge on any atom is -0.492 e. The number of nitrogen functional groups attached to an aromatic ring is 1. The quantitative estimate of drug-likeness (QED) is 0.871. The van der Waals surface area contributed by atoms with Crippen LogP contribution in [0, 0.1) is 13.8 Å². The van der Waals surface area contributed by atoms with Gasteiger partial charge in [-0.05, 0) is 47.5 Å². The normalized spacial score (nSPS) is 10.6. The number of nitrogens with two attached hydrogens (primary N) is 1. The molecule has 0 aliphatic heterocycles. The molecule has 0 spiro atoms. The molecular weight excluding hydrogens is 312 g/mol. The summed E-state index contributed by atoms with van der Waals surface area (Å²) in [6.07, 6.45) is 0.881. The molecule has 5 heteroatoms. The van der Waals surface area contributed by atoms with E-state index >= 15 is 0 Å². The monoisotopic (exact) mass is 326 g/mol. The highest BCUT2D eigenvalue weighted by Gasteiger charge is 2.06. The number of halogens is 1. The molecule has 0 radical (unpaired) electrons. The first-order valence-electron chi connectivity index (χ1n) is 5.65. The molecule has 3 nitrogen and oxygen atoms in total. The molecule has 0 atom stereocenters. The average molecular weight is 327 g/mol. The van der Waals surface area contributed by atoms with Gasteiger partial charge >= 0.3 is 0 Å². The molecule has 2 N–H and O–H groups in total. The van der Waals surface area contributed by atoms with Crippen molar-refractivity contribution in [1.29, 1.82) is 0 Å². The van der Waals surface area contributed by atoms with Gasteiger partial charge in [-0.15, -0.1) is 11.3 Å². The molecule has 0 aliphatic rings. The first-order chi connectivity index (χ1) is 8.58. The highest BCUT2D eigenvalue weighted by atomic mass is 79.9. The van der Waals surface area contributed by atoms with Gasteiger partial charge in [-0.1, -0.05) is 0 Å². The minimum atomic E-state index is 0.644. The van der Waals surface area contributed by atoms with Gasteiger partial charge in [0.2, 0.25) is 0 Å². The van der Waals surface area contributed by atoms with Crippen molar-refractivity contribution in [3.63, 3.8) is 0 Å². The predicted molar refractivity (Wildman–Crippen MR) is 79.3 cm³/mol. The van der Waals surface area contributed by atoms with E-state index in [9.17, 15) is 0 Å². The summed E-state index contributed by atoms with van der Waals surface area (Å²) >= 11 is 5.13. The van der Waals surface area contributed by atoms with Crippen molar-refractivity contribution in [1.82, 2.24) is 4.98 Å². The molecule has 0 saturated carbocycles. The molecular formula is C13H15BrN2OS. The van der Waals surface area contributed by atoms with E-state index < -0.39 is 0 Å². The van der Waals surface area contributed by atoms with Gasteiger partial charge in [-0.2, -0.15) is 0 Å². The number of anilines is 1. The van der Waals surface area contributed by atoms with Gasteiger partial charge in [0.15, 0.2) is 0 Å². The number of hydrogen-bond donors (Lipinski definition) is 1. The van der Waals surface area contributed by atoms with Crippen LogP contribution >= 0.6 is 27.3 Å². The number of nitrogens with zero attached hydrogens (tertiary/aromatic N) is 1. The zero-order chi connectivity index (χ0) is 13.1. The number of aromatic nitrogens is 1. The lowest BCUT2D eigenvalue weighted by molar-refractivity contribution is 0.320. The van der Waals surface area contributed by atoms with E-state index in [1.165, 1.54) is 4.88 Å². The van der Waals surface area contributed by atoms with Crippen molar-refractivity contribution in [2.24, 2.45) is 0 Å². The first kappa shape index (κ1) is 13.4. The van der Waals surface area contributed by atoms with E-state index in [-0.39, 0.29) is 0 Å². The fraction of sp³-hybridized carbons (Fsp3) is 0.308. The van der Waals surface area contributed by atoms with Crippen LogP contribution in [0.5, 0.6) is 5.75 Å². The lowest BCUT2D eigenvalue weighted by Gasteiger charge is -2.10.